The smallest absolute Gasteiger partial charge is 0.277 e. The lowest BCUT2D eigenvalue weighted by Crippen LogP contribution is -3.15. The van der Waals surface area contributed by atoms with E-state index >= 15 is 0 Å². The third kappa shape index (κ3) is 5.80. The van der Waals surface area contributed by atoms with Crippen molar-refractivity contribution in [2.75, 3.05) is 52.6 Å². The Balaban J connectivity index is 1.48. The summed E-state index contributed by atoms with van der Waals surface area (Å²) in [7, 11) is 3.53. The lowest BCUT2D eigenvalue weighted by Gasteiger charge is -2.32. The fourth-order valence-electron chi connectivity index (χ4n) is 3.32. The van der Waals surface area contributed by atoms with Crippen molar-refractivity contribution in [1.29, 1.82) is 0 Å². The number of carbonyl (C=O) groups excluding carboxylic acids is 2. The molecular formula is C20H28N5O3S+. The molecule has 9 heteroatoms. The van der Waals surface area contributed by atoms with E-state index in [1.165, 1.54) is 16.7 Å². The fourth-order valence-corrected chi connectivity index (χ4v) is 3.98. The summed E-state index contributed by atoms with van der Waals surface area (Å²) in [6.07, 6.45) is 0. The zero-order valence-corrected chi connectivity index (χ0v) is 18.2. The van der Waals surface area contributed by atoms with Gasteiger partial charge in [-0.05, 0) is 26.0 Å². The van der Waals surface area contributed by atoms with Crippen LogP contribution in [-0.4, -0.2) is 84.4 Å². The molecule has 0 bridgehead atoms. The molecule has 0 saturated carbocycles. The van der Waals surface area contributed by atoms with Gasteiger partial charge in [-0.2, -0.15) is 0 Å². The molecule has 1 aromatic carbocycles. The van der Waals surface area contributed by atoms with E-state index in [4.69, 9.17) is 4.42 Å². The number of benzene rings is 1. The minimum absolute atomic E-state index is 0.0548. The maximum absolute atomic E-state index is 12.5. The van der Waals surface area contributed by atoms with Gasteiger partial charge in [0.25, 0.3) is 11.1 Å². The van der Waals surface area contributed by atoms with Gasteiger partial charge in [-0.15, -0.1) is 10.2 Å². The molecule has 1 aliphatic rings. The van der Waals surface area contributed by atoms with Gasteiger partial charge in [0, 0.05) is 19.7 Å². The molecule has 0 spiro atoms. The second-order valence-corrected chi connectivity index (χ2v) is 8.56. The summed E-state index contributed by atoms with van der Waals surface area (Å²) in [5, 5.41) is 8.57. The molecule has 3 rings (SSSR count). The molecule has 156 valence electrons. The maximum atomic E-state index is 12.5. The van der Waals surface area contributed by atoms with Crippen molar-refractivity contribution < 1.29 is 18.9 Å². The lowest BCUT2D eigenvalue weighted by molar-refractivity contribution is -0.896. The molecule has 8 nitrogen and oxygen atoms in total. The number of thioether (sulfide) groups is 1. The summed E-state index contributed by atoms with van der Waals surface area (Å²) in [6.45, 7) is 7.42. The van der Waals surface area contributed by atoms with Crippen LogP contribution in [-0.2, 0) is 9.59 Å². The number of nitrogens with one attached hydrogen (secondary N) is 1. The van der Waals surface area contributed by atoms with Crippen molar-refractivity contribution in [3.63, 3.8) is 0 Å². The summed E-state index contributed by atoms with van der Waals surface area (Å²) in [4.78, 5) is 29.0. The van der Waals surface area contributed by atoms with Crippen LogP contribution in [0.2, 0.25) is 0 Å². The van der Waals surface area contributed by atoms with Crippen LogP contribution < -0.4 is 4.90 Å². The zero-order valence-electron chi connectivity index (χ0n) is 17.4. The highest BCUT2D eigenvalue weighted by Gasteiger charge is 2.26. The van der Waals surface area contributed by atoms with Crippen LogP contribution in [0.25, 0.3) is 11.5 Å². The number of hydrogen-bond donors (Lipinski definition) is 1. The third-order valence-corrected chi connectivity index (χ3v) is 5.72. The van der Waals surface area contributed by atoms with Crippen LogP contribution in [0.4, 0.5) is 0 Å². The maximum Gasteiger partial charge on any atom is 0.277 e. The molecule has 0 radical (unpaired) electrons. The topological polar surface area (TPSA) is 84.0 Å². The Bertz CT molecular complexity index is 855. The Morgan fingerprint density at radius 2 is 1.79 bits per heavy atom. The number of hydrogen-bond acceptors (Lipinski definition) is 6. The normalized spacial score (nSPS) is 14.8. The number of nitrogens with zero attached hydrogens (tertiary/aromatic N) is 4. The van der Waals surface area contributed by atoms with E-state index < -0.39 is 0 Å². The molecule has 1 aliphatic heterocycles. The van der Waals surface area contributed by atoms with Crippen molar-refractivity contribution in [2.45, 2.75) is 19.1 Å². The van der Waals surface area contributed by atoms with Gasteiger partial charge in [0.15, 0.2) is 6.54 Å². The molecule has 1 N–H and O–H groups in total. The highest BCUT2D eigenvalue weighted by atomic mass is 32.2. The van der Waals surface area contributed by atoms with Crippen LogP contribution in [0.15, 0.2) is 27.8 Å². The number of aromatic nitrogens is 2. The van der Waals surface area contributed by atoms with E-state index in [0.717, 1.165) is 29.8 Å². The first-order valence-electron chi connectivity index (χ1n) is 9.68. The number of likely N-dealkylation sites (N-methyl/N-ethyl adjacent to an activating group) is 1. The highest BCUT2D eigenvalue weighted by molar-refractivity contribution is 7.99. The zero-order chi connectivity index (χ0) is 21.0. The van der Waals surface area contributed by atoms with Gasteiger partial charge >= 0.3 is 0 Å². The molecule has 1 fully saturated rings. The number of piperazine rings is 1. The van der Waals surface area contributed by atoms with Gasteiger partial charge in [0.05, 0.1) is 31.9 Å². The summed E-state index contributed by atoms with van der Waals surface area (Å²) < 4.78 is 5.72. The highest BCUT2D eigenvalue weighted by Crippen LogP contribution is 2.25. The summed E-state index contributed by atoms with van der Waals surface area (Å²) in [5.41, 5.74) is 3.16. The van der Waals surface area contributed by atoms with Crippen LogP contribution in [0.5, 0.6) is 0 Å². The summed E-state index contributed by atoms with van der Waals surface area (Å²) in [6, 6.07) is 6.10. The molecular weight excluding hydrogens is 390 g/mol. The van der Waals surface area contributed by atoms with E-state index in [9.17, 15) is 9.59 Å². The van der Waals surface area contributed by atoms with Gasteiger partial charge in [0.1, 0.15) is 0 Å². The molecule has 0 aliphatic carbocycles. The number of aryl methyl sites for hydroxylation is 2. The lowest BCUT2D eigenvalue weighted by atomic mass is 10.1. The molecule has 2 aromatic rings. The van der Waals surface area contributed by atoms with Crippen molar-refractivity contribution in [2.24, 2.45) is 0 Å². The SMILES string of the molecule is Cc1cc(C)cc(-c2nnc(SCC(=O)N3CC[NH+](CC(=O)N(C)C)CC3)o2)c1. The second-order valence-electron chi connectivity index (χ2n) is 7.63. The first kappa shape index (κ1) is 21.3. The van der Waals surface area contributed by atoms with Crippen LogP contribution in [0.1, 0.15) is 11.1 Å². The summed E-state index contributed by atoms with van der Waals surface area (Å²) in [5.74, 6) is 0.903. The van der Waals surface area contributed by atoms with Crippen molar-refractivity contribution in [3.05, 3.63) is 29.3 Å². The van der Waals surface area contributed by atoms with Crippen molar-refractivity contribution >= 4 is 23.6 Å². The number of amides is 2. The van der Waals surface area contributed by atoms with Gasteiger partial charge in [-0.1, -0.05) is 29.0 Å². The Morgan fingerprint density at radius 3 is 2.41 bits per heavy atom. The number of carbonyl (C=O) groups is 2. The molecule has 1 saturated heterocycles. The van der Waals surface area contributed by atoms with Gasteiger partial charge in [-0.3, -0.25) is 9.59 Å². The molecule has 1 aromatic heterocycles. The van der Waals surface area contributed by atoms with E-state index in [1.807, 2.05) is 30.9 Å². The van der Waals surface area contributed by atoms with Gasteiger partial charge in [-0.25, -0.2) is 0 Å². The average molecular weight is 419 g/mol. The summed E-state index contributed by atoms with van der Waals surface area (Å²) >= 11 is 1.26. The Kier molecular flexibility index (Phi) is 6.92. The molecule has 0 atom stereocenters. The molecule has 2 amide bonds. The third-order valence-electron chi connectivity index (χ3n) is 4.92. The van der Waals surface area contributed by atoms with Crippen LogP contribution in [0.3, 0.4) is 0 Å². The minimum Gasteiger partial charge on any atom is -0.411 e. The van der Waals surface area contributed by atoms with E-state index in [0.29, 0.717) is 30.7 Å². The van der Waals surface area contributed by atoms with E-state index in [1.54, 1.807) is 19.0 Å². The van der Waals surface area contributed by atoms with E-state index in [-0.39, 0.29) is 17.6 Å². The molecule has 29 heavy (non-hydrogen) atoms. The second kappa shape index (κ2) is 9.41. The molecule has 0 unspecified atom stereocenters. The quantitative estimate of drug-likeness (QED) is 0.678. The monoisotopic (exact) mass is 418 g/mol. The Morgan fingerprint density at radius 1 is 1.14 bits per heavy atom. The number of rotatable bonds is 6. The van der Waals surface area contributed by atoms with Gasteiger partial charge in [0.2, 0.25) is 11.8 Å². The first-order chi connectivity index (χ1) is 13.8. The van der Waals surface area contributed by atoms with Crippen LogP contribution >= 0.6 is 11.8 Å². The fraction of sp³-hybridized carbons (Fsp3) is 0.500. The minimum atomic E-state index is 0.0548. The Hall–Kier alpha value is -2.39. The first-order valence-corrected chi connectivity index (χ1v) is 10.7. The predicted molar refractivity (Wildman–Crippen MR) is 111 cm³/mol. The van der Waals surface area contributed by atoms with Crippen LogP contribution in [0, 0.1) is 13.8 Å². The standard InChI is InChI=1S/C20H27N5O3S/c1-14-9-15(2)11-16(10-14)19-21-22-20(28-19)29-13-18(27)25-7-5-24(6-8-25)12-17(26)23(3)4/h9-11H,5-8,12-13H2,1-4H3/p+1. The predicted octanol–water partition coefficient (Wildman–Crippen LogP) is 0.261. The largest absolute Gasteiger partial charge is 0.411 e. The van der Waals surface area contributed by atoms with Crippen molar-refractivity contribution in [1.82, 2.24) is 20.0 Å². The molecule has 2 heterocycles. The average Bonchev–Trinajstić information content (AvgIpc) is 3.15. The Labute approximate surface area is 175 Å². The number of quaternary nitrogens is 1. The van der Waals surface area contributed by atoms with E-state index in [2.05, 4.69) is 16.3 Å². The van der Waals surface area contributed by atoms with Crippen molar-refractivity contribution in [3.8, 4) is 11.5 Å². The van der Waals surface area contributed by atoms with Gasteiger partial charge < -0.3 is 19.1 Å².